The van der Waals surface area contributed by atoms with Crippen molar-refractivity contribution < 1.29 is 14.6 Å². The number of carbonyl (C=O) groups is 1. The van der Waals surface area contributed by atoms with Gasteiger partial charge in [-0.1, -0.05) is 0 Å². The van der Waals surface area contributed by atoms with Crippen molar-refractivity contribution in [2.24, 2.45) is 0 Å². The van der Waals surface area contributed by atoms with Crippen molar-refractivity contribution in [2.75, 3.05) is 18.2 Å². The topological polar surface area (TPSA) is 84.6 Å². The molecule has 20 heavy (non-hydrogen) atoms. The third kappa shape index (κ3) is 3.03. The molecule has 2 aromatic carbocycles. The van der Waals surface area contributed by atoms with Gasteiger partial charge in [-0.05, 0) is 52.3 Å². The summed E-state index contributed by atoms with van der Waals surface area (Å²) in [5.74, 6) is 0.221. The van der Waals surface area contributed by atoms with Crippen LogP contribution in [0.4, 0.5) is 11.4 Å². The number of aromatic hydroxyl groups is 1. The zero-order valence-corrected chi connectivity index (χ0v) is 12.3. The van der Waals surface area contributed by atoms with Gasteiger partial charge in [-0.15, -0.1) is 0 Å². The van der Waals surface area contributed by atoms with Crippen molar-refractivity contribution in [3.05, 3.63) is 46.4 Å². The smallest absolute Gasteiger partial charge is 0.255 e. The van der Waals surface area contributed by atoms with Crippen LogP contribution in [0.15, 0.2) is 40.9 Å². The Morgan fingerprint density at radius 1 is 1.30 bits per heavy atom. The van der Waals surface area contributed by atoms with Crippen LogP contribution >= 0.6 is 15.9 Å². The largest absolute Gasteiger partial charge is 0.506 e. The fourth-order valence-electron chi connectivity index (χ4n) is 1.63. The van der Waals surface area contributed by atoms with Crippen molar-refractivity contribution in [3.8, 4) is 11.5 Å². The van der Waals surface area contributed by atoms with Gasteiger partial charge in [0, 0.05) is 11.3 Å². The van der Waals surface area contributed by atoms with Gasteiger partial charge < -0.3 is 20.9 Å². The predicted octanol–water partition coefficient (Wildman–Crippen LogP) is 3.00. The van der Waals surface area contributed by atoms with Gasteiger partial charge in [0.15, 0.2) is 0 Å². The minimum atomic E-state index is -0.336. The van der Waals surface area contributed by atoms with E-state index in [1.54, 1.807) is 31.4 Å². The molecular formula is C14H13BrN2O3. The number of phenols is 1. The Balaban J connectivity index is 2.19. The summed E-state index contributed by atoms with van der Waals surface area (Å²) in [5.41, 5.74) is 6.65. The second kappa shape index (κ2) is 5.83. The van der Waals surface area contributed by atoms with Crippen molar-refractivity contribution in [3.63, 3.8) is 0 Å². The number of nitrogen functional groups attached to an aromatic ring is 1. The molecule has 0 radical (unpaired) electrons. The van der Waals surface area contributed by atoms with E-state index in [9.17, 15) is 9.90 Å². The lowest BCUT2D eigenvalue weighted by atomic mass is 10.1. The maximum absolute atomic E-state index is 12.0. The first kappa shape index (κ1) is 14.2. The third-order valence-corrected chi connectivity index (χ3v) is 3.32. The molecule has 6 heteroatoms. The standard InChI is InChI=1S/C14H13BrN2O3/c1-20-13-5-3-9(7-10(13)15)17-14(19)8-2-4-11(16)12(18)6-8/h2-7,18H,16H2,1H3,(H,17,19). The van der Waals surface area contributed by atoms with Crippen LogP contribution in [0.25, 0.3) is 0 Å². The second-order valence-corrected chi connectivity index (χ2v) is 4.93. The lowest BCUT2D eigenvalue weighted by Gasteiger charge is -2.09. The summed E-state index contributed by atoms with van der Waals surface area (Å²) in [6, 6.07) is 9.53. The van der Waals surface area contributed by atoms with E-state index in [-0.39, 0.29) is 17.3 Å². The number of carbonyl (C=O) groups excluding carboxylic acids is 1. The van der Waals surface area contributed by atoms with Crippen molar-refractivity contribution >= 4 is 33.2 Å². The Morgan fingerprint density at radius 2 is 2.05 bits per heavy atom. The number of hydrogen-bond donors (Lipinski definition) is 3. The fourth-order valence-corrected chi connectivity index (χ4v) is 2.17. The van der Waals surface area contributed by atoms with Gasteiger partial charge in [0.2, 0.25) is 0 Å². The van der Waals surface area contributed by atoms with E-state index in [0.717, 1.165) is 4.47 Å². The third-order valence-electron chi connectivity index (χ3n) is 2.70. The number of halogens is 1. The molecule has 0 aliphatic carbocycles. The van der Waals surface area contributed by atoms with E-state index in [1.165, 1.54) is 12.1 Å². The molecule has 2 aromatic rings. The van der Waals surface area contributed by atoms with Gasteiger partial charge in [0.1, 0.15) is 11.5 Å². The first-order valence-electron chi connectivity index (χ1n) is 5.74. The van der Waals surface area contributed by atoms with Crippen molar-refractivity contribution in [1.82, 2.24) is 0 Å². The average Bonchev–Trinajstić information content (AvgIpc) is 2.42. The van der Waals surface area contributed by atoms with E-state index in [0.29, 0.717) is 17.0 Å². The van der Waals surface area contributed by atoms with Crippen LogP contribution in [0.2, 0.25) is 0 Å². The first-order valence-corrected chi connectivity index (χ1v) is 6.54. The summed E-state index contributed by atoms with van der Waals surface area (Å²) in [7, 11) is 1.56. The van der Waals surface area contributed by atoms with Crippen LogP contribution in [0.1, 0.15) is 10.4 Å². The van der Waals surface area contributed by atoms with Crippen LogP contribution in [0, 0.1) is 0 Å². The normalized spacial score (nSPS) is 10.1. The maximum Gasteiger partial charge on any atom is 0.255 e. The molecule has 0 atom stereocenters. The summed E-state index contributed by atoms with van der Waals surface area (Å²) in [5, 5.41) is 12.2. The molecule has 0 aliphatic rings. The number of benzene rings is 2. The zero-order chi connectivity index (χ0) is 14.7. The summed E-state index contributed by atoms with van der Waals surface area (Å²) >= 11 is 3.34. The Kier molecular flexibility index (Phi) is 4.14. The monoisotopic (exact) mass is 336 g/mol. The lowest BCUT2D eigenvalue weighted by Crippen LogP contribution is -2.11. The second-order valence-electron chi connectivity index (χ2n) is 4.08. The summed E-state index contributed by atoms with van der Waals surface area (Å²) in [4.78, 5) is 12.0. The molecule has 0 saturated heterocycles. The molecule has 0 aliphatic heterocycles. The number of nitrogens with one attached hydrogen (secondary N) is 1. The number of rotatable bonds is 3. The molecule has 1 amide bonds. The number of anilines is 2. The molecule has 0 heterocycles. The maximum atomic E-state index is 12.0. The SMILES string of the molecule is COc1ccc(NC(=O)c2ccc(N)c(O)c2)cc1Br. The van der Waals surface area contributed by atoms with Crippen molar-refractivity contribution in [2.45, 2.75) is 0 Å². The molecule has 2 rings (SSSR count). The predicted molar refractivity (Wildman–Crippen MR) is 81.2 cm³/mol. The minimum Gasteiger partial charge on any atom is -0.506 e. The first-order chi connectivity index (χ1) is 9.51. The number of phenolic OH excluding ortho intramolecular Hbond substituents is 1. The van der Waals surface area contributed by atoms with Gasteiger partial charge in [-0.2, -0.15) is 0 Å². The summed E-state index contributed by atoms with van der Waals surface area (Å²) in [6.07, 6.45) is 0. The molecule has 0 spiro atoms. The fraction of sp³-hybridized carbons (Fsp3) is 0.0714. The Hall–Kier alpha value is -2.21. The number of amides is 1. The quantitative estimate of drug-likeness (QED) is 0.594. The zero-order valence-electron chi connectivity index (χ0n) is 10.7. The highest BCUT2D eigenvalue weighted by Gasteiger charge is 2.09. The van der Waals surface area contributed by atoms with Gasteiger partial charge in [0.25, 0.3) is 5.91 Å². The highest BCUT2D eigenvalue weighted by Crippen LogP contribution is 2.28. The molecular weight excluding hydrogens is 324 g/mol. The molecule has 0 unspecified atom stereocenters. The Morgan fingerprint density at radius 3 is 2.65 bits per heavy atom. The minimum absolute atomic E-state index is 0.117. The number of ether oxygens (including phenoxy) is 1. The van der Waals surface area contributed by atoms with Crippen LogP contribution in [0.3, 0.4) is 0 Å². The number of methoxy groups -OCH3 is 1. The Bertz CT molecular complexity index is 659. The van der Waals surface area contributed by atoms with Crippen LogP contribution < -0.4 is 15.8 Å². The average molecular weight is 337 g/mol. The van der Waals surface area contributed by atoms with Crippen LogP contribution in [0.5, 0.6) is 11.5 Å². The number of hydrogen-bond acceptors (Lipinski definition) is 4. The molecule has 5 nitrogen and oxygen atoms in total. The van der Waals surface area contributed by atoms with Gasteiger partial charge in [0.05, 0.1) is 17.3 Å². The molecule has 4 N–H and O–H groups in total. The van der Waals surface area contributed by atoms with Crippen LogP contribution in [-0.2, 0) is 0 Å². The Labute approximate surface area is 124 Å². The van der Waals surface area contributed by atoms with Crippen molar-refractivity contribution in [1.29, 1.82) is 0 Å². The molecule has 0 bridgehead atoms. The van der Waals surface area contributed by atoms with E-state index in [4.69, 9.17) is 10.5 Å². The molecule has 0 aromatic heterocycles. The van der Waals surface area contributed by atoms with Gasteiger partial charge in [-0.25, -0.2) is 0 Å². The highest BCUT2D eigenvalue weighted by molar-refractivity contribution is 9.10. The number of nitrogens with two attached hydrogens (primary N) is 1. The van der Waals surface area contributed by atoms with E-state index in [1.807, 2.05) is 0 Å². The lowest BCUT2D eigenvalue weighted by molar-refractivity contribution is 0.102. The van der Waals surface area contributed by atoms with Gasteiger partial charge in [-0.3, -0.25) is 4.79 Å². The molecule has 104 valence electrons. The van der Waals surface area contributed by atoms with E-state index >= 15 is 0 Å². The highest BCUT2D eigenvalue weighted by atomic mass is 79.9. The summed E-state index contributed by atoms with van der Waals surface area (Å²) < 4.78 is 5.85. The van der Waals surface area contributed by atoms with Crippen LogP contribution in [-0.4, -0.2) is 18.1 Å². The molecule has 0 saturated carbocycles. The summed E-state index contributed by atoms with van der Waals surface area (Å²) in [6.45, 7) is 0. The molecule has 0 fully saturated rings. The van der Waals surface area contributed by atoms with E-state index in [2.05, 4.69) is 21.2 Å². The van der Waals surface area contributed by atoms with E-state index < -0.39 is 0 Å². The van der Waals surface area contributed by atoms with Gasteiger partial charge >= 0.3 is 0 Å².